The molecule has 1 aliphatic heterocycles. The van der Waals surface area contributed by atoms with Gasteiger partial charge in [0.05, 0.1) is 11.7 Å². The van der Waals surface area contributed by atoms with Gasteiger partial charge in [-0.25, -0.2) is 0 Å². The highest BCUT2D eigenvalue weighted by atomic mass is 16.6. The standard InChI is InChI=1S/C11H18O2/c12-10(6-3-4-7-10)11-8-2-1-5-9(11)13-11/h9,12H,1-8H2. The average Bonchev–Trinajstić information content (AvgIpc) is 2.76. The van der Waals surface area contributed by atoms with Gasteiger partial charge in [-0.05, 0) is 25.7 Å². The lowest BCUT2D eigenvalue weighted by molar-refractivity contribution is -0.0379. The molecular weight excluding hydrogens is 164 g/mol. The van der Waals surface area contributed by atoms with Crippen LogP contribution in [0.5, 0.6) is 0 Å². The minimum Gasteiger partial charge on any atom is -0.387 e. The summed E-state index contributed by atoms with van der Waals surface area (Å²) in [5, 5.41) is 10.5. The predicted molar refractivity (Wildman–Crippen MR) is 49.5 cm³/mol. The fourth-order valence-electron chi connectivity index (χ4n) is 3.47. The van der Waals surface area contributed by atoms with Gasteiger partial charge in [-0.15, -0.1) is 0 Å². The Morgan fingerprint density at radius 3 is 2.38 bits per heavy atom. The summed E-state index contributed by atoms with van der Waals surface area (Å²) in [6, 6.07) is 0. The van der Waals surface area contributed by atoms with Crippen molar-refractivity contribution in [2.75, 3.05) is 0 Å². The average molecular weight is 182 g/mol. The van der Waals surface area contributed by atoms with E-state index in [0.29, 0.717) is 6.10 Å². The van der Waals surface area contributed by atoms with Crippen molar-refractivity contribution in [3.8, 4) is 0 Å². The second-order valence-corrected chi connectivity index (χ2v) is 4.98. The van der Waals surface area contributed by atoms with Gasteiger partial charge in [0.15, 0.2) is 0 Å². The number of aliphatic hydroxyl groups is 1. The normalized spacial score (nSPS) is 47.3. The molecule has 0 aromatic heterocycles. The minimum absolute atomic E-state index is 0.0816. The van der Waals surface area contributed by atoms with Crippen LogP contribution in [0.3, 0.4) is 0 Å². The van der Waals surface area contributed by atoms with Crippen LogP contribution < -0.4 is 0 Å². The molecule has 1 N–H and O–H groups in total. The predicted octanol–water partition coefficient (Wildman–Crippen LogP) is 2.00. The molecule has 2 nitrogen and oxygen atoms in total. The highest BCUT2D eigenvalue weighted by Crippen LogP contribution is 2.58. The molecule has 2 saturated carbocycles. The fraction of sp³-hybridized carbons (Fsp3) is 1.00. The number of rotatable bonds is 1. The van der Waals surface area contributed by atoms with Gasteiger partial charge in [-0.2, -0.15) is 0 Å². The van der Waals surface area contributed by atoms with E-state index in [-0.39, 0.29) is 5.60 Å². The third-order valence-electron chi connectivity index (χ3n) is 4.30. The first-order valence-electron chi connectivity index (χ1n) is 5.67. The molecule has 3 fully saturated rings. The summed E-state index contributed by atoms with van der Waals surface area (Å²) < 4.78 is 5.80. The summed E-state index contributed by atoms with van der Waals surface area (Å²) in [7, 11) is 0. The Labute approximate surface area is 79.3 Å². The van der Waals surface area contributed by atoms with E-state index in [1.807, 2.05) is 0 Å². The molecule has 2 atom stereocenters. The Kier molecular flexibility index (Phi) is 1.58. The lowest BCUT2D eigenvalue weighted by atomic mass is 9.75. The molecule has 1 saturated heterocycles. The number of ether oxygens (including phenoxy) is 1. The van der Waals surface area contributed by atoms with Gasteiger partial charge in [0.2, 0.25) is 0 Å². The maximum absolute atomic E-state index is 10.5. The Morgan fingerprint density at radius 1 is 1.00 bits per heavy atom. The van der Waals surface area contributed by atoms with Crippen LogP contribution in [0.1, 0.15) is 51.4 Å². The van der Waals surface area contributed by atoms with Crippen molar-refractivity contribution in [2.45, 2.75) is 68.7 Å². The smallest absolute Gasteiger partial charge is 0.123 e. The molecule has 1 heterocycles. The van der Waals surface area contributed by atoms with E-state index in [1.165, 1.54) is 32.1 Å². The Hall–Kier alpha value is -0.0800. The van der Waals surface area contributed by atoms with Gasteiger partial charge >= 0.3 is 0 Å². The molecule has 2 heteroatoms. The van der Waals surface area contributed by atoms with Gasteiger partial charge in [-0.1, -0.05) is 25.7 Å². The molecule has 0 aromatic rings. The van der Waals surface area contributed by atoms with Gasteiger partial charge in [0, 0.05) is 0 Å². The SMILES string of the molecule is OC1(C23CCCCC2O3)CCCC1. The first kappa shape index (κ1) is 8.25. The molecule has 13 heavy (non-hydrogen) atoms. The monoisotopic (exact) mass is 182 g/mol. The molecule has 0 spiro atoms. The number of hydrogen-bond donors (Lipinski definition) is 1. The molecule has 3 aliphatic rings. The highest BCUT2D eigenvalue weighted by Gasteiger charge is 2.68. The van der Waals surface area contributed by atoms with Gasteiger partial charge in [-0.3, -0.25) is 0 Å². The van der Waals surface area contributed by atoms with E-state index in [0.717, 1.165) is 19.3 Å². The second kappa shape index (κ2) is 2.48. The minimum atomic E-state index is -0.446. The molecule has 2 aliphatic carbocycles. The van der Waals surface area contributed by atoms with Crippen molar-refractivity contribution in [3.63, 3.8) is 0 Å². The number of fused-ring (bicyclic) bond motifs is 1. The largest absolute Gasteiger partial charge is 0.387 e. The zero-order chi connectivity index (χ0) is 8.94. The van der Waals surface area contributed by atoms with Crippen LogP contribution in [0.25, 0.3) is 0 Å². The molecule has 0 aromatic carbocycles. The summed E-state index contributed by atoms with van der Waals surface area (Å²) in [5.41, 5.74) is -0.528. The first-order valence-corrected chi connectivity index (χ1v) is 5.67. The van der Waals surface area contributed by atoms with Crippen molar-refractivity contribution < 1.29 is 9.84 Å². The van der Waals surface area contributed by atoms with Crippen LogP contribution in [-0.4, -0.2) is 22.4 Å². The Balaban J connectivity index is 1.83. The van der Waals surface area contributed by atoms with E-state index < -0.39 is 5.60 Å². The van der Waals surface area contributed by atoms with Crippen molar-refractivity contribution >= 4 is 0 Å². The van der Waals surface area contributed by atoms with Gasteiger partial charge in [0.1, 0.15) is 5.60 Å². The third kappa shape index (κ3) is 0.962. The van der Waals surface area contributed by atoms with E-state index in [4.69, 9.17) is 4.74 Å². The van der Waals surface area contributed by atoms with E-state index in [2.05, 4.69) is 0 Å². The van der Waals surface area contributed by atoms with E-state index >= 15 is 0 Å². The summed E-state index contributed by atoms with van der Waals surface area (Å²) in [6.07, 6.45) is 9.57. The van der Waals surface area contributed by atoms with Crippen molar-refractivity contribution in [1.82, 2.24) is 0 Å². The van der Waals surface area contributed by atoms with E-state index in [1.54, 1.807) is 0 Å². The molecule has 0 amide bonds. The number of hydrogen-bond acceptors (Lipinski definition) is 2. The molecule has 0 radical (unpaired) electrons. The lowest BCUT2D eigenvalue weighted by Gasteiger charge is -2.32. The van der Waals surface area contributed by atoms with E-state index in [9.17, 15) is 5.11 Å². The molecular formula is C11H18O2. The maximum Gasteiger partial charge on any atom is 0.123 e. The fourth-order valence-corrected chi connectivity index (χ4v) is 3.47. The van der Waals surface area contributed by atoms with Crippen molar-refractivity contribution in [2.24, 2.45) is 0 Å². The zero-order valence-electron chi connectivity index (χ0n) is 8.09. The highest BCUT2D eigenvalue weighted by molar-refractivity contribution is 5.18. The summed E-state index contributed by atoms with van der Waals surface area (Å²) in [6.45, 7) is 0. The molecule has 2 unspecified atom stereocenters. The summed E-state index contributed by atoms with van der Waals surface area (Å²) in [4.78, 5) is 0. The quantitative estimate of drug-likeness (QED) is 0.629. The third-order valence-corrected chi connectivity index (χ3v) is 4.30. The summed E-state index contributed by atoms with van der Waals surface area (Å²) >= 11 is 0. The van der Waals surface area contributed by atoms with Crippen LogP contribution in [0.2, 0.25) is 0 Å². The van der Waals surface area contributed by atoms with Crippen LogP contribution in [0, 0.1) is 0 Å². The van der Waals surface area contributed by atoms with Crippen LogP contribution >= 0.6 is 0 Å². The van der Waals surface area contributed by atoms with Gasteiger partial charge < -0.3 is 9.84 Å². The second-order valence-electron chi connectivity index (χ2n) is 4.98. The van der Waals surface area contributed by atoms with Crippen molar-refractivity contribution in [3.05, 3.63) is 0 Å². The Bertz CT molecular complexity index is 220. The molecule has 74 valence electrons. The zero-order valence-corrected chi connectivity index (χ0v) is 8.09. The topological polar surface area (TPSA) is 32.8 Å². The van der Waals surface area contributed by atoms with Crippen LogP contribution in [-0.2, 0) is 4.74 Å². The summed E-state index contributed by atoms with van der Waals surface area (Å²) in [5.74, 6) is 0. The lowest BCUT2D eigenvalue weighted by Crippen LogP contribution is -2.45. The van der Waals surface area contributed by atoms with Crippen LogP contribution in [0.15, 0.2) is 0 Å². The first-order chi connectivity index (χ1) is 6.27. The molecule has 3 rings (SSSR count). The maximum atomic E-state index is 10.5. The molecule has 0 bridgehead atoms. The van der Waals surface area contributed by atoms with Gasteiger partial charge in [0.25, 0.3) is 0 Å². The van der Waals surface area contributed by atoms with Crippen LogP contribution in [0.4, 0.5) is 0 Å². The van der Waals surface area contributed by atoms with Crippen molar-refractivity contribution in [1.29, 1.82) is 0 Å². The number of epoxide rings is 1. The Morgan fingerprint density at radius 2 is 1.69 bits per heavy atom.